The zero-order valence-electron chi connectivity index (χ0n) is 16.7. The molecule has 0 saturated carbocycles. The molecule has 0 radical (unpaired) electrons. The van der Waals surface area contributed by atoms with Crippen molar-refractivity contribution in [1.29, 1.82) is 0 Å². The number of amides is 1. The number of para-hydroxylation sites is 1. The number of nitrogens with zero attached hydrogens (tertiary/aromatic N) is 1. The van der Waals surface area contributed by atoms with Crippen LogP contribution in [-0.2, 0) is 14.8 Å². The minimum Gasteiger partial charge on any atom is -0.326 e. The van der Waals surface area contributed by atoms with Crippen molar-refractivity contribution in [3.05, 3.63) is 59.7 Å². The zero-order valence-corrected chi connectivity index (χ0v) is 17.5. The van der Waals surface area contributed by atoms with E-state index >= 15 is 0 Å². The van der Waals surface area contributed by atoms with E-state index in [0.717, 1.165) is 16.8 Å². The van der Waals surface area contributed by atoms with Crippen LogP contribution in [0.1, 0.15) is 43.7 Å². The van der Waals surface area contributed by atoms with Gasteiger partial charge in [0.25, 0.3) is 0 Å². The van der Waals surface area contributed by atoms with Crippen molar-refractivity contribution in [2.75, 3.05) is 18.4 Å². The van der Waals surface area contributed by atoms with Gasteiger partial charge in [0.2, 0.25) is 15.9 Å². The Kier molecular flexibility index (Phi) is 6.20. The molecule has 0 aromatic heterocycles. The molecule has 0 unspecified atom stereocenters. The van der Waals surface area contributed by atoms with Crippen LogP contribution in [0.5, 0.6) is 0 Å². The second-order valence-corrected chi connectivity index (χ2v) is 9.68. The molecule has 3 rings (SSSR count). The van der Waals surface area contributed by atoms with Crippen molar-refractivity contribution in [3.8, 4) is 0 Å². The topological polar surface area (TPSA) is 66.5 Å². The quantitative estimate of drug-likeness (QED) is 0.820. The summed E-state index contributed by atoms with van der Waals surface area (Å²) >= 11 is 0. The predicted octanol–water partition coefficient (Wildman–Crippen LogP) is 4.16. The van der Waals surface area contributed by atoms with E-state index in [4.69, 9.17) is 0 Å². The van der Waals surface area contributed by atoms with Crippen LogP contribution < -0.4 is 5.32 Å². The third-order valence-corrected chi connectivity index (χ3v) is 7.13. The summed E-state index contributed by atoms with van der Waals surface area (Å²) in [6.07, 6.45) is 1.37. The van der Waals surface area contributed by atoms with Gasteiger partial charge < -0.3 is 5.32 Å². The van der Waals surface area contributed by atoms with Gasteiger partial charge in [0, 0.05) is 18.8 Å². The second kappa shape index (κ2) is 8.45. The minimum atomic E-state index is -3.59. The van der Waals surface area contributed by atoms with Gasteiger partial charge in [-0.05, 0) is 49.4 Å². The largest absolute Gasteiger partial charge is 0.326 e. The average molecular weight is 401 g/mol. The lowest BCUT2D eigenvalue weighted by Gasteiger charge is -2.31. The standard InChI is InChI=1S/C22H28N2O3S/c1-16(2)20-8-4-5-9-21(20)23-22(25)18-7-6-14-24(15-18)28(26,27)19-12-10-17(3)11-13-19/h4-5,8-13,16,18H,6-7,14-15H2,1-3H3,(H,23,25)/t18-/m1/s1. The smallest absolute Gasteiger partial charge is 0.243 e. The molecule has 0 aliphatic carbocycles. The van der Waals surface area contributed by atoms with Crippen LogP contribution >= 0.6 is 0 Å². The Morgan fingerprint density at radius 1 is 1.11 bits per heavy atom. The van der Waals surface area contributed by atoms with Gasteiger partial charge in [0.15, 0.2) is 0 Å². The van der Waals surface area contributed by atoms with Gasteiger partial charge in [-0.3, -0.25) is 4.79 Å². The average Bonchev–Trinajstić information content (AvgIpc) is 2.68. The van der Waals surface area contributed by atoms with Gasteiger partial charge in [0.05, 0.1) is 10.8 Å². The molecule has 150 valence electrons. The summed E-state index contributed by atoms with van der Waals surface area (Å²) in [6.45, 7) is 6.75. The van der Waals surface area contributed by atoms with Gasteiger partial charge in [-0.15, -0.1) is 0 Å². The molecule has 1 aliphatic heterocycles. The molecular weight excluding hydrogens is 372 g/mol. The number of benzene rings is 2. The van der Waals surface area contributed by atoms with Crippen molar-refractivity contribution in [2.45, 2.75) is 44.4 Å². The van der Waals surface area contributed by atoms with E-state index in [-0.39, 0.29) is 23.3 Å². The van der Waals surface area contributed by atoms with Crippen LogP contribution in [0.15, 0.2) is 53.4 Å². The number of rotatable bonds is 5. The Bertz CT molecular complexity index is 937. The summed E-state index contributed by atoms with van der Waals surface area (Å²) in [4.78, 5) is 13.1. The van der Waals surface area contributed by atoms with Crippen molar-refractivity contribution in [3.63, 3.8) is 0 Å². The summed E-state index contributed by atoms with van der Waals surface area (Å²) in [5.41, 5.74) is 2.90. The fourth-order valence-corrected chi connectivity index (χ4v) is 5.11. The van der Waals surface area contributed by atoms with Crippen molar-refractivity contribution < 1.29 is 13.2 Å². The number of sulfonamides is 1. The highest BCUT2D eigenvalue weighted by molar-refractivity contribution is 7.89. The second-order valence-electron chi connectivity index (χ2n) is 7.75. The van der Waals surface area contributed by atoms with Crippen LogP contribution in [-0.4, -0.2) is 31.7 Å². The fraction of sp³-hybridized carbons (Fsp3) is 0.409. The first-order valence-electron chi connectivity index (χ1n) is 9.75. The van der Waals surface area contributed by atoms with Crippen LogP contribution in [0.3, 0.4) is 0 Å². The predicted molar refractivity (Wildman–Crippen MR) is 112 cm³/mol. The van der Waals surface area contributed by atoms with Crippen molar-refractivity contribution >= 4 is 21.6 Å². The third-order valence-electron chi connectivity index (χ3n) is 5.25. The number of carbonyl (C=O) groups excluding carboxylic acids is 1. The molecule has 0 bridgehead atoms. The Morgan fingerprint density at radius 3 is 2.46 bits per heavy atom. The summed E-state index contributed by atoms with van der Waals surface area (Å²) in [5.74, 6) is -0.174. The number of piperidine rings is 1. The van der Waals surface area contributed by atoms with E-state index in [1.807, 2.05) is 31.2 Å². The number of nitrogens with one attached hydrogen (secondary N) is 1. The Hall–Kier alpha value is -2.18. The maximum Gasteiger partial charge on any atom is 0.243 e. The summed E-state index contributed by atoms with van der Waals surface area (Å²) in [5, 5.41) is 3.02. The molecular formula is C22H28N2O3S. The molecule has 1 aliphatic rings. The number of carbonyl (C=O) groups is 1. The van der Waals surface area contributed by atoms with Crippen LogP contribution in [0, 0.1) is 12.8 Å². The third kappa shape index (κ3) is 4.45. The lowest BCUT2D eigenvalue weighted by atomic mass is 9.97. The maximum absolute atomic E-state index is 13.0. The Morgan fingerprint density at radius 2 is 1.79 bits per heavy atom. The molecule has 0 spiro atoms. The number of anilines is 1. The molecule has 1 saturated heterocycles. The first kappa shape index (κ1) is 20.6. The molecule has 5 nitrogen and oxygen atoms in total. The molecule has 1 N–H and O–H groups in total. The van der Waals surface area contributed by atoms with Gasteiger partial charge in [0.1, 0.15) is 0 Å². The van der Waals surface area contributed by atoms with E-state index in [9.17, 15) is 13.2 Å². The molecule has 28 heavy (non-hydrogen) atoms. The van der Waals surface area contributed by atoms with E-state index in [1.54, 1.807) is 24.3 Å². The molecule has 1 atom stereocenters. The number of hydrogen-bond acceptors (Lipinski definition) is 3. The summed E-state index contributed by atoms with van der Waals surface area (Å²) in [7, 11) is -3.59. The highest BCUT2D eigenvalue weighted by atomic mass is 32.2. The van der Waals surface area contributed by atoms with Crippen LogP contribution in [0.25, 0.3) is 0 Å². The first-order chi connectivity index (χ1) is 13.3. The highest BCUT2D eigenvalue weighted by Crippen LogP contribution is 2.27. The molecule has 1 fully saturated rings. The van der Waals surface area contributed by atoms with Gasteiger partial charge in [-0.2, -0.15) is 4.31 Å². The van der Waals surface area contributed by atoms with Crippen LogP contribution in [0.4, 0.5) is 5.69 Å². The van der Waals surface area contributed by atoms with E-state index in [2.05, 4.69) is 19.2 Å². The van der Waals surface area contributed by atoms with E-state index in [1.165, 1.54) is 4.31 Å². The van der Waals surface area contributed by atoms with E-state index in [0.29, 0.717) is 25.3 Å². The number of aryl methyl sites for hydroxylation is 1. The Labute approximate surface area is 167 Å². The minimum absolute atomic E-state index is 0.114. The fourth-order valence-electron chi connectivity index (χ4n) is 3.58. The SMILES string of the molecule is Cc1ccc(S(=O)(=O)N2CCC[C@@H](C(=O)Nc3ccccc3C(C)C)C2)cc1. The first-order valence-corrected chi connectivity index (χ1v) is 11.2. The highest BCUT2D eigenvalue weighted by Gasteiger charge is 2.33. The summed E-state index contributed by atoms with van der Waals surface area (Å²) in [6, 6.07) is 14.6. The van der Waals surface area contributed by atoms with Gasteiger partial charge in [-0.1, -0.05) is 49.7 Å². The lowest BCUT2D eigenvalue weighted by Crippen LogP contribution is -2.43. The summed E-state index contributed by atoms with van der Waals surface area (Å²) < 4.78 is 27.4. The number of hydrogen-bond donors (Lipinski definition) is 1. The molecule has 2 aromatic rings. The van der Waals surface area contributed by atoms with Gasteiger partial charge >= 0.3 is 0 Å². The molecule has 2 aromatic carbocycles. The van der Waals surface area contributed by atoms with Gasteiger partial charge in [-0.25, -0.2) is 8.42 Å². The Balaban J connectivity index is 1.74. The zero-order chi connectivity index (χ0) is 20.3. The maximum atomic E-state index is 13.0. The van der Waals surface area contributed by atoms with E-state index < -0.39 is 10.0 Å². The normalized spacial score (nSPS) is 18.2. The molecule has 1 heterocycles. The van der Waals surface area contributed by atoms with Crippen molar-refractivity contribution in [1.82, 2.24) is 4.31 Å². The van der Waals surface area contributed by atoms with Crippen molar-refractivity contribution in [2.24, 2.45) is 5.92 Å². The lowest BCUT2D eigenvalue weighted by molar-refractivity contribution is -0.120. The molecule has 6 heteroatoms. The van der Waals surface area contributed by atoms with Crippen LogP contribution in [0.2, 0.25) is 0 Å². The monoisotopic (exact) mass is 400 g/mol. The molecule has 1 amide bonds.